The van der Waals surface area contributed by atoms with Gasteiger partial charge in [0.1, 0.15) is 0 Å². The molecule has 8 heteroatoms. The van der Waals surface area contributed by atoms with Gasteiger partial charge >= 0.3 is 0 Å². The number of anilines is 1. The number of rotatable bonds is 4. The van der Waals surface area contributed by atoms with Crippen LogP contribution in [0.3, 0.4) is 0 Å². The summed E-state index contributed by atoms with van der Waals surface area (Å²) >= 11 is 3.09. The Kier molecular flexibility index (Phi) is 4.10. The van der Waals surface area contributed by atoms with Gasteiger partial charge in [-0.2, -0.15) is 0 Å². The summed E-state index contributed by atoms with van der Waals surface area (Å²) in [5.41, 5.74) is 0.175. The number of halogens is 1. The summed E-state index contributed by atoms with van der Waals surface area (Å²) in [6.45, 7) is 3.09. The Bertz CT molecular complexity index is 542. The molecule has 1 aromatic carbocycles. The molecule has 94 valence electrons. The summed E-state index contributed by atoms with van der Waals surface area (Å²) in [5, 5.41) is 9.92. The Morgan fingerprint density at radius 1 is 1.41 bits per heavy atom. The number of nitro benzene ring substituents is 1. The van der Waals surface area contributed by atoms with Gasteiger partial charge in [-0.1, -0.05) is 0 Å². The number of nitro groups is 1. The van der Waals surface area contributed by atoms with E-state index >= 15 is 0 Å². The minimum Gasteiger partial charge on any atom is -0.282 e. The first kappa shape index (κ1) is 13.9. The predicted molar refractivity (Wildman–Crippen MR) is 68.5 cm³/mol. The molecule has 0 aliphatic carbocycles. The first-order valence-corrected chi connectivity index (χ1v) is 7.03. The van der Waals surface area contributed by atoms with E-state index in [1.807, 2.05) is 0 Å². The molecule has 0 amide bonds. The summed E-state index contributed by atoms with van der Waals surface area (Å²) in [4.78, 5) is 9.95. The van der Waals surface area contributed by atoms with E-state index in [4.69, 9.17) is 0 Å². The van der Waals surface area contributed by atoms with Crippen LogP contribution in [0, 0.1) is 10.1 Å². The number of non-ortho nitro benzene ring substituents is 1. The molecule has 0 aliphatic rings. The maximum atomic E-state index is 11.6. The monoisotopic (exact) mass is 322 g/mol. The van der Waals surface area contributed by atoms with Crippen LogP contribution < -0.4 is 4.72 Å². The van der Waals surface area contributed by atoms with Crippen molar-refractivity contribution in [3.05, 3.63) is 32.8 Å². The topological polar surface area (TPSA) is 89.3 Å². The summed E-state index contributed by atoms with van der Waals surface area (Å²) in [7, 11) is -3.46. The van der Waals surface area contributed by atoms with Crippen molar-refractivity contribution >= 4 is 37.3 Å². The highest BCUT2D eigenvalue weighted by molar-refractivity contribution is 9.10. The van der Waals surface area contributed by atoms with Gasteiger partial charge < -0.3 is 0 Å². The zero-order valence-electron chi connectivity index (χ0n) is 9.18. The number of nitrogens with zero attached hydrogens (tertiary/aromatic N) is 1. The third-order valence-electron chi connectivity index (χ3n) is 2.04. The van der Waals surface area contributed by atoms with Crippen LogP contribution in [-0.2, 0) is 10.0 Å². The molecule has 17 heavy (non-hydrogen) atoms. The number of sulfonamides is 1. The second-order valence-corrected chi connectivity index (χ2v) is 6.71. The molecule has 0 atom stereocenters. The molecule has 1 rings (SSSR count). The standard InChI is InChI=1S/C9H11BrN2O4S/c1-6(2)17(15,16)11-9-4-3-7(12(13)14)5-8(9)10/h3-6,11H,1-2H3. The lowest BCUT2D eigenvalue weighted by molar-refractivity contribution is -0.384. The van der Waals surface area contributed by atoms with Gasteiger partial charge in [-0.05, 0) is 35.8 Å². The van der Waals surface area contributed by atoms with Crippen molar-refractivity contribution in [3.8, 4) is 0 Å². The van der Waals surface area contributed by atoms with E-state index in [9.17, 15) is 18.5 Å². The minimum atomic E-state index is -3.46. The first-order chi connectivity index (χ1) is 7.74. The lowest BCUT2D eigenvalue weighted by Crippen LogP contribution is -2.22. The highest BCUT2D eigenvalue weighted by Gasteiger charge is 2.18. The molecule has 0 fully saturated rings. The number of nitrogens with one attached hydrogen (secondary N) is 1. The fourth-order valence-electron chi connectivity index (χ4n) is 0.971. The molecule has 0 saturated heterocycles. The SMILES string of the molecule is CC(C)S(=O)(=O)Nc1ccc([N+](=O)[O-])cc1Br. The molecule has 0 saturated carbocycles. The normalized spacial score (nSPS) is 11.5. The van der Waals surface area contributed by atoms with Gasteiger partial charge in [0, 0.05) is 16.6 Å². The second-order valence-electron chi connectivity index (χ2n) is 3.62. The Morgan fingerprint density at radius 3 is 2.41 bits per heavy atom. The third kappa shape index (κ3) is 3.40. The third-order valence-corrected chi connectivity index (χ3v) is 4.44. The first-order valence-electron chi connectivity index (χ1n) is 4.69. The molecular formula is C9H11BrN2O4S. The van der Waals surface area contributed by atoms with Crippen LogP contribution >= 0.6 is 15.9 Å². The second kappa shape index (κ2) is 5.01. The molecule has 0 bridgehead atoms. The van der Waals surface area contributed by atoms with Gasteiger partial charge in [0.15, 0.2) is 0 Å². The molecule has 0 unspecified atom stereocenters. The molecular weight excluding hydrogens is 312 g/mol. The largest absolute Gasteiger partial charge is 0.282 e. The maximum Gasteiger partial charge on any atom is 0.270 e. The van der Waals surface area contributed by atoms with E-state index < -0.39 is 20.2 Å². The summed E-state index contributed by atoms with van der Waals surface area (Å²) in [6, 6.07) is 3.84. The van der Waals surface area contributed by atoms with Gasteiger partial charge in [-0.25, -0.2) is 8.42 Å². The van der Waals surface area contributed by atoms with Gasteiger partial charge in [0.25, 0.3) is 5.69 Å². The van der Waals surface area contributed by atoms with Crippen LogP contribution in [0.4, 0.5) is 11.4 Å². The highest BCUT2D eigenvalue weighted by Crippen LogP contribution is 2.28. The van der Waals surface area contributed by atoms with Crippen molar-refractivity contribution in [3.63, 3.8) is 0 Å². The Labute approximate surface area is 107 Å². The van der Waals surface area contributed by atoms with Gasteiger partial charge in [-0.3, -0.25) is 14.8 Å². The fourth-order valence-corrected chi connectivity index (χ4v) is 2.29. The Balaban J connectivity index is 3.06. The van der Waals surface area contributed by atoms with Gasteiger partial charge in [0.2, 0.25) is 10.0 Å². The van der Waals surface area contributed by atoms with Gasteiger partial charge in [0.05, 0.1) is 15.9 Å². The van der Waals surface area contributed by atoms with E-state index in [1.165, 1.54) is 18.2 Å². The fraction of sp³-hybridized carbons (Fsp3) is 0.333. The predicted octanol–water partition coefficient (Wildman–Crippen LogP) is 2.51. The van der Waals surface area contributed by atoms with Crippen molar-refractivity contribution in [2.45, 2.75) is 19.1 Å². The Morgan fingerprint density at radius 2 is 2.00 bits per heavy atom. The number of benzene rings is 1. The van der Waals surface area contributed by atoms with Crippen LogP contribution in [0.25, 0.3) is 0 Å². The smallest absolute Gasteiger partial charge is 0.270 e. The average molecular weight is 323 g/mol. The zero-order chi connectivity index (χ0) is 13.2. The van der Waals surface area contributed by atoms with E-state index in [-0.39, 0.29) is 11.4 Å². The van der Waals surface area contributed by atoms with Crippen LogP contribution in [0.2, 0.25) is 0 Å². The van der Waals surface area contributed by atoms with E-state index in [0.717, 1.165) is 0 Å². The average Bonchev–Trinajstić information content (AvgIpc) is 2.20. The molecule has 6 nitrogen and oxygen atoms in total. The van der Waals surface area contributed by atoms with Crippen molar-refractivity contribution in [1.82, 2.24) is 0 Å². The highest BCUT2D eigenvalue weighted by atomic mass is 79.9. The number of hydrogen-bond acceptors (Lipinski definition) is 4. The molecule has 0 aromatic heterocycles. The van der Waals surface area contributed by atoms with Crippen molar-refractivity contribution < 1.29 is 13.3 Å². The summed E-state index contributed by atoms with van der Waals surface area (Å²) in [5.74, 6) is 0. The van der Waals surface area contributed by atoms with E-state index in [1.54, 1.807) is 13.8 Å². The van der Waals surface area contributed by atoms with Crippen molar-refractivity contribution in [2.24, 2.45) is 0 Å². The quantitative estimate of drug-likeness (QED) is 0.681. The molecule has 0 radical (unpaired) electrons. The molecule has 1 N–H and O–H groups in total. The van der Waals surface area contributed by atoms with Gasteiger partial charge in [-0.15, -0.1) is 0 Å². The zero-order valence-corrected chi connectivity index (χ0v) is 11.6. The van der Waals surface area contributed by atoms with E-state index in [0.29, 0.717) is 4.47 Å². The molecule has 0 heterocycles. The lowest BCUT2D eigenvalue weighted by Gasteiger charge is -2.11. The molecule has 1 aromatic rings. The van der Waals surface area contributed by atoms with Crippen LogP contribution in [0.15, 0.2) is 22.7 Å². The minimum absolute atomic E-state index is 0.107. The van der Waals surface area contributed by atoms with Crippen LogP contribution in [0.5, 0.6) is 0 Å². The number of hydrogen-bond donors (Lipinski definition) is 1. The van der Waals surface area contributed by atoms with Crippen molar-refractivity contribution in [2.75, 3.05) is 4.72 Å². The lowest BCUT2D eigenvalue weighted by atomic mass is 10.3. The van der Waals surface area contributed by atoms with Crippen LogP contribution in [0.1, 0.15) is 13.8 Å². The maximum absolute atomic E-state index is 11.6. The van der Waals surface area contributed by atoms with Crippen LogP contribution in [-0.4, -0.2) is 18.6 Å². The summed E-state index contributed by atoms with van der Waals surface area (Å²) in [6.07, 6.45) is 0. The van der Waals surface area contributed by atoms with Crippen molar-refractivity contribution in [1.29, 1.82) is 0 Å². The van der Waals surface area contributed by atoms with E-state index in [2.05, 4.69) is 20.7 Å². The molecule has 0 aliphatic heterocycles. The molecule has 0 spiro atoms. The summed E-state index contributed by atoms with van der Waals surface area (Å²) < 4.78 is 25.9. The Hall–Kier alpha value is -1.15.